The number of hydrogen-bond donors (Lipinski definition) is 0. The standard InChI is InChI=1S/C15H6Cl2F3N3O2S2/c16-8-2-3-9(10(17)6-8)13-14(27-22-21-13)26-12-4-1-7(15(18,19)20)5-11(12)23(24)25/h1-6H. The van der Waals surface area contributed by atoms with Crippen molar-refractivity contribution < 1.29 is 18.1 Å². The Hall–Kier alpha value is -1.88. The first-order valence-electron chi connectivity index (χ1n) is 6.98. The number of halogens is 5. The van der Waals surface area contributed by atoms with E-state index in [9.17, 15) is 23.3 Å². The average Bonchev–Trinajstić information content (AvgIpc) is 3.02. The summed E-state index contributed by atoms with van der Waals surface area (Å²) in [5, 5.41) is 15.9. The lowest BCUT2D eigenvalue weighted by atomic mass is 10.2. The molecule has 0 aliphatic rings. The van der Waals surface area contributed by atoms with E-state index < -0.39 is 22.4 Å². The van der Waals surface area contributed by atoms with E-state index in [1.807, 2.05) is 0 Å². The predicted molar refractivity (Wildman–Crippen MR) is 97.6 cm³/mol. The molecule has 3 rings (SSSR count). The molecule has 0 saturated heterocycles. The van der Waals surface area contributed by atoms with Gasteiger partial charge in [0.05, 0.1) is 20.4 Å². The Labute approximate surface area is 168 Å². The Kier molecular flexibility index (Phi) is 5.61. The molecule has 0 bridgehead atoms. The molecule has 0 aliphatic heterocycles. The minimum Gasteiger partial charge on any atom is -0.258 e. The van der Waals surface area contributed by atoms with Gasteiger partial charge in [0.2, 0.25) is 0 Å². The topological polar surface area (TPSA) is 68.9 Å². The Bertz CT molecular complexity index is 1030. The number of aromatic nitrogens is 2. The zero-order chi connectivity index (χ0) is 19.8. The van der Waals surface area contributed by atoms with Gasteiger partial charge in [0.1, 0.15) is 9.90 Å². The molecule has 3 aromatic rings. The molecule has 0 spiro atoms. The summed E-state index contributed by atoms with van der Waals surface area (Å²) in [6, 6.07) is 7.07. The van der Waals surface area contributed by atoms with Crippen molar-refractivity contribution in [1.29, 1.82) is 0 Å². The third-order valence-electron chi connectivity index (χ3n) is 3.33. The van der Waals surface area contributed by atoms with Crippen LogP contribution in [0.2, 0.25) is 10.0 Å². The van der Waals surface area contributed by atoms with Gasteiger partial charge >= 0.3 is 6.18 Å². The molecule has 0 N–H and O–H groups in total. The van der Waals surface area contributed by atoms with Crippen molar-refractivity contribution in [2.45, 2.75) is 15.3 Å². The molecule has 0 aliphatic carbocycles. The van der Waals surface area contributed by atoms with Crippen molar-refractivity contribution in [2.75, 3.05) is 0 Å². The molecule has 1 heterocycles. The highest BCUT2D eigenvalue weighted by Gasteiger charge is 2.33. The Morgan fingerprint density at radius 3 is 2.52 bits per heavy atom. The van der Waals surface area contributed by atoms with Crippen LogP contribution in [0.4, 0.5) is 18.9 Å². The molecule has 140 valence electrons. The van der Waals surface area contributed by atoms with E-state index >= 15 is 0 Å². The van der Waals surface area contributed by atoms with Crippen molar-refractivity contribution in [3.05, 3.63) is 62.1 Å². The van der Waals surface area contributed by atoms with Gasteiger partial charge in [-0.05, 0) is 41.9 Å². The second kappa shape index (κ2) is 7.63. The van der Waals surface area contributed by atoms with Gasteiger partial charge in [0, 0.05) is 16.7 Å². The van der Waals surface area contributed by atoms with Crippen LogP contribution in [0, 0.1) is 10.1 Å². The minimum atomic E-state index is -4.68. The van der Waals surface area contributed by atoms with Crippen LogP contribution in [0.25, 0.3) is 11.3 Å². The van der Waals surface area contributed by atoms with Crippen LogP contribution in [0.3, 0.4) is 0 Å². The summed E-state index contributed by atoms with van der Waals surface area (Å²) in [5.74, 6) is 0. The summed E-state index contributed by atoms with van der Waals surface area (Å²) in [4.78, 5) is 10.4. The van der Waals surface area contributed by atoms with Crippen molar-refractivity contribution in [3.63, 3.8) is 0 Å². The van der Waals surface area contributed by atoms with Gasteiger partial charge in [-0.25, -0.2) is 0 Å². The Morgan fingerprint density at radius 2 is 1.89 bits per heavy atom. The van der Waals surface area contributed by atoms with E-state index in [1.165, 1.54) is 6.07 Å². The second-order valence-electron chi connectivity index (χ2n) is 5.07. The van der Waals surface area contributed by atoms with E-state index in [1.54, 1.807) is 12.1 Å². The van der Waals surface area contributed by atoms with Crippen LogP contribution >= 0.6 is 46.5 Å². The summed E-state index contributed by atoms with van der Waals surface area (Å²) in [6.07, 6.45) is -4.68. The van der Waals surface area contributed by atoms with E-state index in [0.717, 1.165) is 35.4 Å². The third-order valence-corrected chi connectivity index (χ3v) is 5.82. The molecule has 0 amide bonds. The summed E-state index contributed by atoms with van der Waals surface area (Å²) >= 11 is 13.9. The van der Waals surface area contributed by atoms with Gasteiger partial charge in [-0.1, -0.05) is 39.5 Å². The quantitative estimate of drug-likeness (QED) is 0.330. The summed E-state index contributed by atoms with van der Waals surface area (Å²) in [7, 11) is 0. The van der Waals surface area contributed by atoms with E-state index in [4.69, 9.17) is 23.2 Å². The molecule has 5 nitrogen and oxygen atoms in total. The first-order valence-corrected chi connectivity index (χ1v) is 9.32. The SMILES string of the molecule is O=[N+]([O-])c1cc(C(F)(F)F)ccc1Sc1snnc1-c1ccc(Cl)cc1Cl. The van der Waals surface area contributed by atoms with Crippen LogP contribution in [-0.2, 0) is 6.18 Å². The van der Waals surface area contributed by atoms with Crippen molar-refractivity contribution in [2.24, 2.45) is 0 Å². The number of rotatable bonds is 4. The van der Waals surface area contributed by atoms with Crippen LogP contribution in [-0.4, -0.2) is 14.5 Å². The molecule has 0 atom stereocenters. The number of nitrogens with zero attached hydrogens (tertiary/aromatic N) is 3. The first-order chi connectivity index (χ1) is 12.7. The van der Waals surface area contributed by atoms with Crippen LogP contribution in [0.5, 0.6) is 0 Å². The lowest BCUT2D eigenvalue weighted by molar-refractivity contribution is -0.388. The largest absolute Gasteiger partial charge is 0.416 e. The fraction of sp³-hybridized carbons (Fsp3) is 0.0667. The fourth-order valence-electron chi connectivity index (χ4n) is 2.12. The number of hydrogen-bond acceptors (Lipinski definition) is 6. The monoisotopic (exact) mass is 451 g/mol. The molecule has 0 radical (unpaired) electrons. The highest BCUT2D eigenvalue weighted by atomic mass is 35.5. The third kappa shape index (κ3) is 4.34. The maximum absolute atomic E-state index is 12.8. The van der Waals surface area contributed by atoms with Gasteiger partial charge in [0.25, 0.3) is 5.69 Å². The molecule has 1 aromatic heterocycles. The predicted octanol–water partition coefficient (Wildman–Crippen LogP) is 6.59. The van der Waals surface area contributed by atoms with E-state index in [2.05, 4.69) is 9.59 Å². The van der Waals surface area contributed by atoms with E-state index in [-0.39, 0.29) is 4.90 Å². The highest BCUT2D eigenvalue weighted by molar-refractivity contribution is 8.01. The molecule has 0 unspecified atom stereocenters. The van der Waals surface area contributed by atoms with Crippen LogP contribution < -0.4 is 0 Å². The van der Waals surface area contributed by atoms with Gasteiger partial charge < -0.3 is 0 Å². The second-order valence-corrected chi connectivity index (χ2v) is 7.98. The van der Waals surface area contributed by atoms with Gasteiger partial charge in [-0.15, -0.1) is 5.10 Å². The van der Waals surface area contributed by atoms with Crippen molar-refractivity contribution >= 4 is 52.2 Å². The van der Waals surface area contributed by atoms with Crippen LogP contribution in [0.15, 0.2) is 45.5 Å². The van der Waals surface area contributed by atoms with Crippen LogP contribution in [0.1, 0.15) is 5.56 Å². The average molecular weight is 452 g/mol. The fourth-order valence-corrected chi connectivity index (χ4v) is 4.39. The molecular formula is C15H6Cl2F3N3O2S2. The first kappa shape index (κ1) is 19.9. The normalized spacial score (nSPS) is 11.6. The molecule has 0 fully saturated rings. The molecule has 0 saturated carbocycles. The van der Waals surface area contributed by atoms with Gasteiger partial charge in [-0.3, -0.25) is 10.1 Å². The molecular weight excluding hydrogens is 446 g/mol. The number of nitro benzene ring substituents is 1. The minimum absolute atomic E-state index is 0.0328. The molecule has 2 aromatic carbocycles. The summed E-state index contributed by atoms with van der Waals surface area (Å²) < 4.78 is 42.8. The number of nitro groups is 1. The summed E-state index contributed by atoms with van der Waals surface area (Å²) in [6.45, 7) is 0. The number of benzene rings is 2. The van der Waals surface area contributed by atoms with E-state index in [0.29, 0.717) is 31.6 Å². The maximum Gasteiger partial charge on any atom is 0.416 e. The lowest BCUT2D eigenvalue weighted by Gasteiger charge is -2.08. The number of alkyl halides is 3. The highest BCUT2D eigenvalue weighted by Crippen LogP contribution is 2.44. The van der Waals surface area contributed by atoms with Crippen molar-refractivity contribution in [3.8, 4) is 11.3 Å². The zero-order valence-corrected chi connectivity index (χ0v) is 16.0. The maximum atomic E-state index is 12.8. The molecule has 27 heavy (non-hydrogen) atoms. The molecule has 12 heteroatoms. The smallest absolute Gasteiger partial charge is 0.258 e. The van der Waals surface area contributed by atoms with Gasteiger partial charge in [0.15, 0.2) is 0 Å². The Morgan fingerprint density at radius 1 is 1.15 bits per heavy atom. The van der Waals surface area contributed by atoms with Gasteiger partial charge in [-0.2, -0.15) is 13.2 Å². The van der Waals surface area contributed by atoms with Crippen molar-refractivity contribution in [1.82, 2.24) is 9.59 Å². The summed E-state index contributed by atoms with van der Waals surface area (Å²) in [5.41, 5.74) is -0.883. The lowest BCUT2D eigenvalue weighted by Crippen LogP contribution is -2.05. The Balaban J connectivity index is 2.02. The zero-order valence-electron chi connectivity index (χ0n) is 12.8.